The zero-order valence-electron chi connectivity index (χ0n) is 13.5. The van der Waals surface area contributed by atoms with Gasteiger partial charge in [0, 0.05) is 23.4 Å². The molecule has 1 aliphatic rings. The predicted molar refractivity (Wildman–Crippen MR) is 96.3 cm³/mol. The van der Waals surface area contributed by atoms with Crippen molar-refractivity contribution in [2.24, 2.45) is 0 Å². The van der Waals surface area contributed by atoms with Gasteiger partial charge in [0.2, 0.25) is 0 Å². The SMILES string of the molecule is COc1cc(/C=C2/Cc3ccccc3C2=O)ccc1OCCCCl. The molecule has 2 aromatic carbocycles. The van der Waals surface area contributed by atoms with Crippen molar-refractivity contribution in [1.29, 1.82) is 0 Å². The summed E-state index contributed by atoms with van der Waals surface area (Å²) in [5.74, 6) is 2.01. The van der Waals surface area contributed by atoms with Crippen molar-refractivity contribution in [1.82, 2.24) is 0 Å². The summed E-state index contributed by atoms with van der Waals surface area (Å²) in [6.07, 6.45) is 3.38. The van der Waals surface area contributed by atoms with Crippen molar-refractivity contribution in [3.63, 3.8) is 0 Å². The fraction of sp³-hybridized carbons (Fsp3) is 0.250. The van der Waals surface area contributed by atoms with Crippen LogP contribution in [0.2, 0.25) is 0 Å². The van der Waals surface area contributed by atoms with Gasteiger partial charge in [-0.2, -0.15) is 0 Å². The number of ketones is 1. The fourth-order valence-electron chi connectivity index (χ4n) is 2.80. The summed E-state index contributed by atoms with van der Waals surface area (Å²) in [5, 5.41) is 0. The van der Waals surface area contributed by atoms with Gasteiger partial charge in [-0.15, -0.1) is 11.6 Å². The smallest absolute Gasteiger partial charge is 0.189 e. The fourth-order valence-corrected chi connectivity index (χ4v) is 2.91. The first-order chi connectivity index (χ1) is 11.7. The lowest BCUT2D eigenvalue weighted by Gasteiger charge is -2.11. The van der Waals surface area contributed by atoms with Crippen molar-refractivity contribution < 1.29 is 14.3 Å². The molecule has 0 fully saturated rings. The van der Waals surface area contributed by atoms with E-state index >= 15 is 0 Å². The van der Waals surface area contributed by atoms with Gasteiger partial charge in [0.25, 0.3) is 0 Å². The van der Waals surface area contributed by atoms with Crippen LogP contribution in [0.1, 0.15) is 27.9 Å². The van der Waals surface area contributed by atoms with E-state index in [1.54, 1.807) is 7.11 Å². The number of ether oxygens (including phenoxy) is 2. The molecule has 0 amide bonds. The Kier molecular flexibility index (Phi) is 5.21. The molecule has 0 bridgehead atoms. The molecular formula is C20H19ClO3. The average Bonchev–Trinajstić information content (AvgIpc) is 2.92. The largest absolute Gasteiger partial charge is 0.493 e. The molecule has 0 heterocycles. The van der Waals surface area contributed by atoms with E-state index in [1.165, 1.54) is 0 Å². The van der Waals surface area contributed by atoms with Gasteiger partial charge in [0.1, 0.15) is 0 Å². The quantitative estimate of drug-likeness (QED) is 0.439. The Morgan fingerprint density at radius 1 is 1.17 bits per heavy atom. The summed E-state index contributed by atoms with van der Waals surface area (Å²) in [6, 6.07) is 13.4. The minimum atomic E-state index is 0.104. The molecule has 0 saturated carbocycles. The summed E-state index contributed by atoms with van der Waals surface area (Å²) < 4.78 is 11.1. The number of carbonyl (C=O) groups excluding carboxylic acids is 1. The average molecular weight is 343 g/mol. The van der Waals surface area contributed by atoms with Crippen LogP contribution in [0, 0.1) is 0 Å². The van der Waals surface area contributed by atoms with Crippen molar-refractivity contribution in [2.75, 3.05) is 19.6 Å². The summed E-state index contributed by atoms with van der Waals surface area (Å²) in [5.41, 5.74) is 3.61. The van der Waals surface area contributed by atoms with Crippen LogP contribution < -0.4 is 9.47 Å². The second-order valence-electron chi connectivity index (χ2n) is 5.63. The predicted octanol–water partition coefficient (Wildman–Crippen LogP) is 4.53. The van der Waals surface area contributed by atoms with Gasteiger partial charge in [-0.25, -0.2) is 0 Å². The number of benzene rings is 2. The number of allylic oxidation sites excluding steroid dienone is 1. The van der Waals surface area contributed by atoms with E-state index < -0.39 is 0 Å². The van der Waals surface area contributed by atoms with Crippen LogP contribution in [0.25, 0.3) is 6.08 Å². The Bertz CT molecular complexity index is 780. The second-order valence-corrected chi connectivity index (χ2v) is 6.01. The first-order valence-corrected chi connectivity index (χ1v) is 8.46. The third-order valence-corrected chi connectivity index (χ3v) is 4.27. The van der Waals surface area contributed by atoms with Gasteiger partial charge in [-0.3, -0.25) is 4.79 Å². The maximum absolute atomic E-state index is 12.5. The molecule has 3 rings (SSSR count). The van der Waals surface area contributed by atoms with Gasteiger partial charge in [0.15, 0.2) is 17.3 Å². The van der Waals surface area contributed by atoms with Crippen molar-refractivity contribution in [3.05, 3.63) is 64.7 Å². The van der Waals surface area contributed by atoms with E-state index in [1.807, 2.05) is 48.5 Å². The molecule has 2 aromatic rings. The second kappa shape index (κ2) is 7.54. The van der Waals surface area contributed by atoms with E-state index in [9.17, 15) is 4.79 Å². The number of alkyl halides is 1. The minimum absolute atomic E-state index is 0.104. The Hall–Kier alpha value is -2.26. The molecule has 0 radical (unpaired) electrons. The molecule has 0 spiro atoms. The molecule has 4 heteroatoms. The Morgan fingerprint density at radius 2 is 2.00 bits per heavy atom. The van der Waals surface area contributed by atoms with Crippen LogP contribution in [0.3, 0.4) is 0 Å². The number of hydrogen-bond donors (Lipinski definition) is 0. The lowest BCUT2D eigenvalue weighted by Crippen LogP contribution is -2.00. The highest BCUT2D eigenvalue weighted by Crippen LogP contribution is 2.31. The lowest BCUT2D eigenvalue weighted by atomic mass is 10.1. The van der Waals surface area contributed by atoms with Crippen LogP contribution in [0.5, 0.6) is 11.5 Å². The highest BCUT2D eigenvalue weighted by molar-refractivity contribution is 6.17. The Balaban J connectivity index is 1.82. The topological polar surface area (TPSA) is 35.5 Å². The molecule has 124 valence electrons. The molecule has 0 unspecified atom stereocenters. The number of carbonyl (C=O) groups is 1. The third kappa shape index (κ3) is 3.46. The van der Waals surface area contributed by atoms with Crippen molar-refractivity contribution >= 4 is 23.5 Å². The van der Waals surface area contributed by atoms with Crippen LogP contribution in [-0.4, -0.2) is 25.4 Å². The lowest BCUT2D eigenvalue weighted by molar-refractivity contribution is 0.104. The highest BCUT2D eigenvalue weighted by Gasteiger charge is 2.23. The number of methoxy groups -OCH3 is 1. The number of rotatable bonds is 6. The zero-order valence-corrected chi connectivity index (χ0v) is 14.3. The third-order valence-electron chi connectivity index (χ3n) is 4.00. The molecule has 24 heavy (non-hydrogen) atoms. The molecule has 0 saturated heterocycles. The maximum atomic E-state index is 12.5. The Labute approximate surface area is 146 Å². The molecule has 1 aliphatic carbocycles. The first kappa shape index (κ1) is 16.6. The van der Waals surface area contributed by atoms with Crippen LogP contribution in [0.15, 0.2) is 48.0 Å². The van der Waals surface area contributed by atoms with Crippen LogP contribution >= 0.6 is 11.6 Å². The molecule has 0 aliphatic heterocycles. The van der Waals surface area contributed by atoms with Gasteiger partial charge >= 0.3 is 0 Å². The van der Waals surface area contributed by atoms with Crippen LogP contribution in [-0.2, 0) is 6.42 Å². The van der Waals surface area contributed by atoms with Crippen molar-refractivity contribution in [3.8, 4) is 11.5 Å². The van der Waals surface area contributed by atoms with E-state index in [0.29, 0.717) is 30.4 Å². The van der Waals surface area contributed by atoms with Crippen molar-refractivity contribution in [2.45, 2.75) is 12.8 Å². The number of hydrogen-bond acceptors (Lipinski definition) is 3. The number of fused-ring (bicyclic) bond motifs is 1. The summed E-state index contributed by atoms with van der Waals surface area (Å²) >= 11 is 5.66. The Morgan fingerprint density at radius 3 is 2.75 bits per heavy atom. The van der Waals surface area contributed by atoms with Crippen LogP contribution in [0.4, 0.5) is 0 Å². The number of halogens is 1. The van der Waals surface area contributed by atoms with E-state index in [4.69, 9.17) is 21.1 Å². The summed E-state index contributed by atoms with van der Waals surface area (Å²) in [4.78, 5) is 12.5. The summed E-state index contributed by atoms with van der Waals surface area (Å²) in [6.45, 7) is 0.550. The molecule has 0 aromatic heterocycles. The normalized spacial score (nSPS) is 14.8. The molecule has 0 N–H and O–H groups in total. The number of Topliss-reactive ketones (excluding diaryl/α,β-unsaturated/α-hetero) is 1. The van der Waals surface area contributed by atoms with E-state index in [-0.39, 0.29) is 5.78 Å². The van der Waals surface area contributed by atoms with Gasteiger partial charge in [-0.05, 0) is 35.8 Å². The zero-order chi connectivity index (χ0) is 16.9. The highest BCUT2D eigenvalue weighted by atomic mass is 35.5. The monoisotopic (exact) mass is 342 g/mol. The standard InChI is InChI=1S/C20H19ClO3/c1-23-19-12-14(7-8-18(19)24-10-4-9-21)11-16-13-15-5-2-3-6-17(15)20(16)22/h2-3,5-8,11-12H,4,9-10,13H2,1H3/b16-11-. The van der Waals surface area contributed by atoms with Gasteiger partial charge in [-0.1, -0.05) is 30.3 Å². The van der Waals surface area contributed by atoms with Gasteiger partial charge in [0.05, 0.1) is 13.7 Å². The molecule has 3 nitrogen and oxygen atoms in total. The van der Waals surface area contributed by atoms with E-state index in [0.717, 1.165) is 28.7 Å². The minimum Gasteiger partial charge on any atom is -0.493 e. The molecule has 0 atom stereocenters. The van der Waals surface area contributed by atoms with E-state index in [2.05, 4.69) is 0 Å². The van der Waals surface area contributed by atoms with Gasteiger partial charge < -0.3 is 9.47 Å². The maximum Gasteiger partial charge on any atom is 0.189 e. The summed E-state index contributed by atoms with van der Waals surface area (Å²) in [7, 11) is 1.61. The first-order valence-electron chi connectivity index (χ1n) is 7.93. The molecular weight excluding hydrogens is 324 g/mol.